The number of hydrogen-bond donors (Lipinski definition) is 3. The molecule has 0 saturated carbocycles. The van der Waals surface area contributed by atoms with E-state index in [1.165, 1.54) is 19.2 Å². The third kappa shape index (κ3) is 5.87. The van der Waals surface area contributed by atoms with E-state index in [0.29, 0.717) is 31.2 Å². The van der Waals surface area contributed by atoms with Gasteiger partial charge in [0.1, 0.15) is 5.82 Å². The highest BCUT2D eigenvalue weighted by Gasteiger charge is 2.23. The maximum atomic E-state index is 13.0. The molecule has 0 bridgehead atoms. The number of halogens is 1. The van der Waals surface area contributed by atoms with Crippen LogP contribution in [0.5, 0.6) is 0 Å². The van der Waals surface area contributed by atoms with Crippen molar-refractivity contribution in [1.29, 1.82) is 0 Å². The van der Waals surface area contributed by atoms with Gasteiger partial charge in [-0.15, -0.1) is 0 Å². The Morgan fingerprint density at radius 1 is 1.38 bits per heavy atom. The number of rotatable bonds is 5. The Balaban J connectivity index is 1.88. The minimum absolute atomic E-state index is 0.169. The molecule has 1 aliphatic rings. The molecule has 1 fully saturated rings. The van der Waals surface area contributed by atoms with Crippen LogP contribution in [0.4, 0.5) is 9.18 Å². The Morgan fingerprint density at radius 2 is 2.04 bits per heavy atom. The van der Waals surface area contributed by atoms with E-state index in [-0.39, 0.29) is 24.5 Å². The lowest BCUT2D eigenvalue weighted by molar-refractivity contribution is 0.111. The molecule has 144 valence electrons. The van der Waals surface area contributed by atoms with Crippen LogP contribution in [0.25, 0.3) is 0 Å². The summed E-state index contributed by atoms with van der Waals surface area (Å²) in [7, 11) is 1.38. The number of carbonyl (C=O) groups excluding carboxylic acids is 1. The first kappa shape index (κ1) is 20.0. The lowest BCUT2D eigenvalue weighted by Crippen LogP contribution is -2.49. The SMILES string of the molecule is CCNC(=NCC(O)c1ccc(F)cc1)NC1CCN(C(=O)OC)CC1. The van der Waals surface area contributed by atoms with Gasteiger partial charge in [0.25, 0.3) is 0 Å². The molecule has 1 unspecified atom stereocenters. The number of nitrogens with one attached hydrogen (secondary N) is 2. The number of hydrogen-bond acceptors (Lipinski definition) is 4. The molecule has 8 heteroatoms. The van der Waals surface area contributed by atoms with E-state index < -0.39 is 6.10 Å². The van der Waals surface area contributed by atoms with Crippen molar-refractivity contribution >= 4 is 12.1 Å². The molecule has 26 heavy (non-hydrogen) atoms. The van der Waals surface area contributed by atoms with Crippen LogP contribution in [0.1, 0.15) is 31.4 Å². The number of likely N-dealkylation sites (tertiary alicyclic amines) is 1. The number of benzene rings is 1. The van der Waals surface area contributed by atoms with Gasteiger partial charge in [-0.1, -0.05) is 12.1 Å². The third-order valence-electron chi connectivity index (χ3n) is 4.29. The van der Waals surface area contributed by atoms with Crippen LogP contribution >= 0.6 is 0 Å². The van der Waals surface area contributed by atoms with Crippen LogP contribution in [0.2, 0.25) is 0 Å². The number of ether oxygens (including phenoxy) is 1. The summed E-state index contributed by atoms with van der Waals surface area (Å²) in [5.41, 5.74) is 0.623. The molecule has 0 aromatic heterocycles. The molecule has 1 saturated heterocycles. The lowest BCUT2D eigenvalue weighted by atomic mass is 10.1. The normalized spacial score (nSPS) is 16.9. The van der Waals surface area contributed by atoms with Crippen molar-refractivity contribution < 1.29 is 19.0 Å². The minimum atomic E-state index is -0.799. The zero-order valence-corrected chi connectivity index (χ0v) is 15.2. The molecule has 3 N–H and O–H groups in total. The molecule has 0 spiro atoms. The number of methoxy groups -OCH3 is 1. The molecule has 1 heterocycles. The highest BCUT2D eigenvalue weighted by Crippen LogP contribution is 2.14. The number of nitrogens with zero attached hydrogens (tertiary/aromatic N) is 2. The molecule has 7 nitrogen and oxygen atoms in total. The molecule has 1 aromatic carbocycles. The molecular formula is C18H27FN4O3. The number of piperidine rings is 1. The predicted octanol–water partition coefficient (Wildman–Crippen LogP) is 1.65. The first-order valence-corrected chi connectivity index (χ1v) is 8.84. The molecule has 1 amide bonds. The summed E-state index contributed by atoms with van der Waals surface area (Å²) in [5, 5.41) is 16.7. The molecular weight excluding hydrogens is 339 g/mol. The summed E-state index contributed by atoms with van der Waals surface area (Å²) in [6.07, 6.45) is 0.485. The topological polar surface area (TPSA) is 86.2 Å². The first-order valence-electron chi connectivity index (χ1n) is 8.84. The fraction of sp³-hybridized carbons (Fsp3) is 0.556. The van der Waals surface area contributed by atoms with E-state index in [9.17, 15) is 14.3 Å². The van der Waals surface area contributed by atoms with Crippen molar-refractivity contribution in [2.45, 2.75) is 31.9 Å². The average Bonchev–Trinajstić information content (AvgIpc) is 2.66. The lowest BCUT2D eigenvalue weighted by Gasteiger charge is -2.32. The Labute approximate surface area is 153 Å². The van der Waals surface area contributed by atoms with Gasteiger partial charge >= 0.3 is 6.09 Å². The van der Waals surface area contributed by atoms with Crippen molar-refractivity contribution in [2.24, 2.45) is 4.99 Å². The van der Waals surface area contributed by atoms with Crippen LogP contribution in [0.15, 0.2) is 29.3 Å². The Kier molecular flexibility index (Phi) is 7.65. The van der Waals surface area contributed by atoms with Crippen LogP contribution < -0.4 is 10.6 Å². The van der Waals surface area contributed by atoms with Crippen molar-refractivity contribution in [3.05, 3.63) is 35.6 Å². The van der Waals surface area contributed by atoms with E-state index in [2.05, 4.69) is 15.6 Å². The second-order valence-electron chi connectivity index (χ2n) is 6.16. The second kappa shape index (κ2) is 9.96. The van der Waals surface area contributed by atoms with E-state index in [1.54, 1.807) is 17.0 Å². The van der Waals surface area contributed by atoms with Crippen molar-refractivity contribution in [1.82, 2.24) is 15.5 Å². The molecule has 2 rings (SSSR count). The number of aliphatic imine (C=N–C) groups is 1. The van der Waals surface area contributed by atoms with Crippen LogP contribution in [-0.4, -0.2) is 61.4 Å². The first-order chi connectivity index (χ1) is 12.5. The van der Waals surface area contributed by atoms with Gasteiger partial charge in [-0.25, -0.2) is 9.18 Å². The molecule has 1 atom stereocenters. The van der Waals surface area contributed by atoms with E-state index in [0.717, 1.165) is 12.8 Å². The van der Waals surface area contributed by atoms with Crippen molar-refractivity contribution in [2.75, 3.05) is 33.3 Å². The second-order valence-corrected chi connectivity index (χ2v) is 6.16. The highest BCUT2D eigenvalue weighted by molar-refractivity contribution is 5.80. The van der Waals surface area contributed by atoms with Gasteiger partial charge in [0.2, 0.25) is 0 Å². The summed E-state index contributed by atoms with van der Waals surface area (Å²) in [6.45, 7) is 4.08. The number of carbonyl (C=O) groups is 1. The third-order valence-corrected chi connectivity index (χ3v) is 4.29. The quantitative estimate of drug-likeness (QED) is 0.545. The van der Waals surface area contributed by atoms with Crippen LogP contribution in [0, 0.1) is 5.82 Å². The molecule has 1 aliphatic heterocycles. The maximum Gasteiger partial charge on any atom is 0.409 e. The molecule has 0 aliphatic carbocycles. The summed E-state index contributed by atoms with van der Waals surface area (Å²) >= 11 is 0. The zero-order valence-electron chi connectivity index (χ0n) is 15.2. The van der Waals surface area contributed by atoms with Gasteiger partial charge in [-0.3, -0.25) is 4.99 Å². The number of aliphatic hydroxyl groups excluding tert-OH is 1. The Morgan fingerprint density at radius 3 is 2.62 bits per heavy atom. The number of amides is 1. The largest absolute Gasteiger partial charge is 0.453 e. The van der Waals surface area contributed by atoms with Crippen LogP contribution in [0.3, 0.4) is 0 Å². The number of aliphatic hydroxyl groups is 1. The Hall–Kier alpha value is -2.35. The summed E-state index contributed by atoms with van der Waals surface area (Å²) < 4.78 is 17.7. The maximum absolute atomic E-state index is 13.0. The van der Waals surface area contributed by atoms with Crippen LogP contribution in [-0.2, 0) is 4.74 Å². The minimum Gasteiger partial charge on any atom is -0.453 e. The fourth-order valence-corrected chi connectivity index (χ4v) is 2.82. The van der Waals surface area contributed by atoms with Gasteiger partial charge in [-0.2, -0.15) is 0 Å². The summed E-state index contributed by atoms with van der Waals surface area (Å²) in [4.78, 5) is 17.6. The fourth-order valence-electron chi connectivity index (χ4n) is 2.82. The monoisotopic (exact) mass is 366 g/mol. The van der Waals surface area contributed by atoms with Gasteiger partial charge in [0.15, 0.2) is 5.96 Å². The highest BCUT2D eigenvalue weighted by atomic mass is 19.1. The average molecular weight is 366 g/mol. The van der Waals surface area contributed by atoms with Crippen molar-refractivity contribution in [3.8, 4) is 0 Å². The number of guanidine groups is 1. The van der Waals surface area contributed by atoms with E-state index >= 15 is 0 Å². The van der Waals surface area contributed by atoms with Gasteiger partial charge in [0, 0.05) is 25.7 Å². The van der Waals surface area contributed by atoms with Gasteiger partial charge < -0.3 is 25.4 Å². The van der Waals surface area contributed by atoms with Gasteiger partial charge in [0.05, 0.1) is 19.8 Å². The summed E-state index contributed by atoms with van der Waals surface area (Å²) in [6, 6.07) is 5.94. The zero-order chi connectivity index (χ0) is 18.9. The smallest absolute Gasteiger partial charge is 0.409 e. The predicted molar refractivity (Wildman–Crippen MR) is 97.5 cm³/mol. The molecule has 1 aromatic rings. The standard InChI is InChI=1S/C18H27FN4O3/c1-3-20-17(21-12-16(24)13-4-6-14(19)7-5-13)22-15-8-10-23(11-9-15)18(25)26-2/h4-7,15-16,24H,3,8-12H2,1-2H3,(H2,20,21,22). The molecule has 0 radical (unpaired) electrons. The Bertz CT molecular complexity index is 601. The van der Waals surface area contributed by atoms with E-state index in [4.69, 9.17) is 4.74 Å². The van der Waals surface area contributed by atoms with Gasteiger partial charge in [-0.05, 0) is 37.5 Å². The van der Waals surface area contributed by atoms with Crippen molar-refractivity contribution in [3.63, 3.8) is 0 Å². The van der Waals surface area contributed by atoms with E-state index in [1.807, 2.05) is 6.92 Å². The summed E-state index contributed by atoms with van der Waals surface area (Å²) in [5.74, 6) is 0.280.